The minimum absolute atomic E-state index is 0.263. The lowest BCUT2D eigenvalue weighted by atomic mass is 10.1. The first-order valence-corrected chi connectivity index (χ1v) is 9.35. The van der Waals surface area contributed by atoms with Gasteiger partial charge in [-0.3, -0.25) is 9.59 Å². The molecule has 10 heteroatoms. The molecule has 3 aromatic rings. The van der Waals surface area contributed by atoms with Gasteiger partial charge in [-0.15, -0.1) is 0 Å². The van der Waals surface area contributed by atoms with E-state index in [1.54, 1.807) is 30.3 Å². The first-order valence-electron chi connectivity index (χ1n) is 8.97. The number of aromatic nitrogens is 1. The lowest BCUT2D eigenvalue weighted by Gasteiger charge is -2.16. The molecule has 0 fully saturated rings. The van der Waals surface area contributed by atoms with Crippen molar-refractivity contribution in [1.29, 1.82) is 0 Å². The van der Waals surface area contributed by atoms with Crippen molar-refractivity contribution in [3.05, 3.63) is 88.8 Å². The second kappa shape index (κ2) is 9.68. The quantitative estimate of drug-likeness (QED) is 0.467. The van der Waals surface area contributed by atoms with Gasteiger partial charge < -0.3 is 21.7 Å². The molecule has 1 aromatic heterocycles. The molecule has 0 saturated carbocycles. The highest BCUT2D eigenvalue weighted by Gasteiger charge is 2.20. The number of hydrogen-bond acceptors (Lipinski definition) is 4. The van der Waals surface area contributed by atoms with Gasteiger partial charge in [-0.25, -0.2) is 14.2 Å². The highest BCUT2D eigenvalue weighted by atomic mass is 35.5. The number of pyridine rings is 1. The Morgan fingerprint density at radius 3 is 2.39 bits per heavy atom. The zero-order valence-corrected chi connectivity index (χ0v) is 16.7. The molecular weight excluding hydrogens is 425 g/mol. The number of rotatable bonds is 6. The van der Waals surface area contributed by atoms with E-state index in [4.69, 9.17) is 17.3 Å². The van der Waals surface area contributed by atoms with E-state index in [1.807, 2.05) is 0 Å². The SMILES string of the molecule is NC(=O)C(NC(=O)Nc1cccc(C(=O)Nc2ccc(Cl)cn2)c1)c1ccc(F)cc1. The smallest absolute Gasteiger partial charge is 0.320 e. The number of benzene rings is 2. The van der Waals surface area contributed by atoms with Crippen molar-refractivity contribution in [2.45, 2.75) is 6.04 Å². The molecule has 0 spiro atoms. The number of halogens is 2. The third-order valence-corrected chi connectivity index (χ3v) is 4.34. The number of carbonyl (C=O) groups excluding carboxylic acids is 3. The molecule has 31 heavy (non-hydrogen) atoms. The summed E-state index contributed by atoms with van der Waals surface area (Å²) < 4.78 is 13.1. The Labute approximate surface area is 181 Å². The Morgan fingerprint density at radius 2 is 1.74 bits per heavy atom. The Morgan fingerprint density at radius 1 is 1.00 bits per heavy atom. The van der Waals surface area contributed by atoms with Gasteiger partial charge in [0.15, 0.2) is 0 Å². The molecule has 0 saturated heterocycles. The number of anilines is 2. The Balaban J connectivity index is 1.67. The van der Waals surface area contributed by atoms with E-state index in [0.29, 0.717) is 22.1 Å². The van der Waals surface area contributed by atoms with Crippen LogP contribution in [-0.2, 0) is 4.79 Å². The zero-order chi connectivity index (χ0) is 22.4. The minimum Gasteiger partial charge on any atom is -0.368 e. The van der Waals surface area contributed by atoms with Gasteiger partial charge in [0, 0.05) is 17.4 Å². The number of amides is 4. The predicted octanol–water partition coefficient (Wildman–Crippen LogP) is 3.47. The number of hydrogen-bond donors (Lipinski definition) is 4. The van der Waals surface area contributed by atoms with Gasteiger partial charge in [0.1, 0.15) is 17.7 Å². The van der Waals surface area contributed by atoms with Crippen LogP contribution < -0.4 is 21.7 Å². The van der Waals surface area contributed by atoms with Crippen molar-refractivity contribution in [2.24, 2.45) is 5.73 Å². The number of nitrogens with two attached hydrogens (primary N) is 1. The average molecular weight is 442 g/mol. The van der Waals surface area contributed by atoms with Crippen molar-refractivity contribution in [3.8, 4) is 0 Å². The van der Waals surface area contributed by atoms with E-state index in [1.165, 1.54) is 24.4 Å². The van der Waals surface area contributed by atoms with Crippen LogP contribution in [0, 0.1) is 5.82 Å². The summed E-state index contributed by atoms with van der Waals surface area (Å²) in [6.45, 7) is 0. The Bertz CT molecular complexity index is 1110. The highest BCUT2D eigenvalue weighted by molar-refractivity contribution is 6.30. The highest BCUT2D eigenvalue weighted by Crippen LogP contribution is 2.16. The molecule has 0 aliphatic rings. The summed E-state index contributed by atoms with van der Waals surface area (Å²) in [4.78, 5) is 40.5. The number of nitrogens with zero attached hydrogens (tertiary/aromatic N) is 1. The van der Waals surface area contributed by atoms with E-state index < -0.39 is 29.7 Å². The van der Waals surface area contributed by atoms with Gasteiger partial charge in [0.2, 0.25) is 5.91 Å². The number of carbonyl (C=O) groups is 3. The van der Waals surface area contributed by atoms with Crippen molar-refractivity contribution in [3.63, 3.8) is 0 Å². The van der Waals surface area contributed by atoms with Gasteiger partial charge in [-0.05, 0) is 48.0 Å². The summed E-state index contributed by atoms with van der Waals surface area (Å²) >= 11 is 5.77. The molecule has 0 aliphatic heterocycles. The standard InChI is InChI=1S/C21H17ClFN5O3/c22-14-6-9-17(25-11-14)27-20(30)13-2-1-3-16(10-13)26-21(31)28-18(19(24)29)12-4-7-15(23)8-5-12/h1-11,18H,(H2,24,29)(H,25,27,30)(H2,26,28,31). The predicted molar refractivity (Wildman–Crippen MR) is 114 cm³/mol. The summed E-state index contributed by atoms with van der Waals surface area (Å²) in [6, 6.07) is 12.4. The van der Waals surface area contributed by atoms with Crippen LogP contribution in [0.5, 0.6) is 0 Å². The van der Waals surface area contributed by atoms with E-state index >= 15 is 0 Å². The molecule has 158 valence electrons. The lowest BCUT2D eigenvalue weighted by molar-refractivity contribution is -0.119. The van der Waals surface area contributed by atoms with Crippen LogP contribution in [0.15, 0.2) is 66.9 Å². The first-order chi connectivity index (χ1) is 14.8. The normalized spacial score (nSPS) is 11.3. The van der Waals surface area contributed by atoms with E-state index in [2.05, 4.69) is 20.9 Å². The second-order valence-electron chi connectivity index (χ2n) is 6.38. The molecule has 4 amide bonds. The minimum atomic E-state index is -1.16. The first kappa shape index (κ1) is 21.7. The molecule has 0 aliphatic carbocycles. The molecule has 0 bridgehead atoms. The third kappa shape index (κ3) is 6.00. The largest absolute Gasteiger partial charge is 0.368 e. The number of nitrogens with one attached hydrogen (secondary N) is 3. The fourth-order valence-corrected chi connectivity index (χ4v) is 2.76. The third-order valence-electron chi connectivity index (χ3n) is 4.11. The second-order valence-corrected chi connectivity index (χ2v) is 6.82. The van der Waals surface area contributed by atoms with Gasteiger partial charge >= 0.3 is 6.03 Å². The van der Waals surface area contributed by atoms with Crippen LogP contribution in [0.2, 0.25) is 5.02 Å². The fraction of sp³-hybridized carbons (Fsp3) is 0.0476. The summed E-state index contributed by atoms with van der Waals surface area (Å²) in [5.41, 5.74) is 6.24. The Hall–Kier alpha value is -3.98. The molecule has 2 aromatic carbocycles. The summed E-state index contributed by atoms with van der Waals surface area (Å²) in [5, 5.41) is 8.00. The van der Waals surface area contributed by atoms with Crippen LogP contribution in [0.4, 0.5) is 20.7 Å². The van der Waals surface area contributed by atoms with Gasteiger partial charge in [-0.1, -0.05) is 29.8 Å². The summed E-state index contributed by atoms with van der Waals surface area (Å²) in [6.07, 6.45) is 1.40. The molecule has 1 heterocycles. The summed E-state index contributed by atoms with van der Waals surface area (Å²) in [7, 11) is 0. The van der Waals surface area contributed by atoms with Gasteiger partial charge in [-0.2, -0.15) is 0 Å². The van der Waals surface area contributed by atoms with Crippen molar-refractivity contribution < 1.29 is 18.8 Å². The van der Waals surface area contributed by atoms with E-state index in [0.717, 1.165) is 12.1 Å². The van der Waals surface area contributed by atoms with Crippen molar-refractivity contribution in [2.75, 3.05) is 10.6 Å². The monoisotopic (exact) mass is 441 g/mol. The molecule has 3 rings (SSSR count). The lowest BCUT2D eigenvalue weighted by Crippen LogP contribution is -2.39. The number of urea groups is 1. The van der Waals surface area contributed by atoms with Crippen molar-refractivity contribution >= 4 is 41.0 Å². The molecule has 0 radical (unpaired) electrons. The Kier molecular flexibility index (Phi) is 6.78. The van der Waals surface area contributed by atoms with Crippen LogP contribution in [0.1, 0.15) is 22.0 Å². The molecular formula is C21H17ClFN5O3. The molecule has 1 unspecified atom stereocenters. The van der Waals surface area contributed by atoms with Gasteiger partial charge in [0.25, 0.3) is 5.91 Å². The maximum atomic E-state index is 13.1. The zero-order valence-electron chi connectivity index (χ0n) is 15.9. The van der Waals surface area contributed by atoms with E-state index in [-0.39, 0.29) is 5.56 Å². The summed E-state index contributed by atoms with van der Waals surface area (Å²) in [5.74, 6) is -1.43. The van der Waals surface area contributed by atoms with Crippen LogP contribution in [-0.4, -0.2) is 22.8 Å². The average Bonchev–Trinajstić information content (AvgIpc) is 2.74. The van der Waals surface area contributed by atoms with Crippen LogP contribution >= 0.6 is 11.6 Å². The molecule has 8 nitrogen and oxygen atoms in total. The van der Waals surface area contributed by atoms with Crippen LogP contribution in [0.3, 0.4) is 0 Å². The fourth-order valence-electron chi connectivity index (χ4n) is 2.65. The van der Waals surface area contributed by atoms with Crippen molar-refractivity contribution in [1.82, 2.24) is 10.3 Å². The molecule has 1 atom stereocenters. The van der Waals surface area contributed by atoms with Gasteiger partial charge in [0.05, 0.1) is 5.02 Å². The maximum Gasteiger partial charge on any atom is 0.320 e. The number of primary amides is 1. The molecule has 5 N–H and O–H groups in total. The topological polar surface area (TPSA) is 126 Å². The maximum absolute atomic E-state index is 13.1. The van der Waals surface area contributed by atoms with E-state index in [9.17, 15) is 18.8 Å². The van der Waals surface area contributed by atoms with Crippen LogP contribution in [0.25, 0.3) is 0 Å².